The highest BCUT2D eigenvalue weighted by Crippen LogP contribution is 2.01. The minimum Gasteiger partial charge on any atom is -0.328 e. The van der Waals surface area contributed by atoms with Crippen LogP contribution < -0.4 is 0 Å². The van der Waals surface area contributed by atoms with E-state index in [0.29, 0.717) is 12.1 Å². The van der Waals surface area contributed by atoms with E-state index >= 15 is 0 Å². The second-order valence-electron chi connectivity index (χ2n) is 2.89. The largest absolute Gasteiger partial charge is 0.351 e. The molecule has 0 unspecified atom stereocenters. The Labute approximate surface area is 64.1 Å². The summed E-state index contributed by atoms with van der Waals surface area (Å²) in [5.41, 5.74) is 0. The van der Waals surface area contributed by atoms with E-state index in [4.69, 9.17) is 5.26 Å². The van der Waals surface area contributed by atoms with Gasteiger partial charge in [0, 0.05) is 5.97 Å². The molecule has 0 aromatic rings. The summed E-state index contributed by atoms with van der Waals surface area (Å²) in [6.45, 7) is 8.31. The maximum Gasteiger partial charge on any atom is 0.351 e. The molecule has 0 aliphatic carbocycles. The zero-order valence-electron chi connectivity index (χ0n) is 7.13. The molecule has 0 amide bonds. The molecule has 0 aliphatic heterocycles. The molecular formula is C7H14BN2. The average Bonchev–Trinajstić information content (AvgIpc) is 1.81. The lowest BCUT2D eigenvalue weighted by Crippen LogP contribution is -2.39. The predicted molar refractivity (Wildman–Crippen MR) is 43.5 cm³/mol. The van der Waals surface area contributed by atoms with Crippen molar-refractivity contribution in [2.75, 3.05) is 0 Å². The van der Waals surface area contributed by atoms with Crippen molar-refractivity contribution in [3.05, 3.63) is 0 Å². The molecule has 0 aliphatic rings. The first-order valence-electron chi connectivity index (χ1n) is 3.60. The van der Waals surface area contributed by atoms with Gasteiger partial charge in [0.1, 0.15) is 0 Å². The lowest BCUT2D eigenvalue weighted by Gasteiger charge is -2.27. The fraction of sp³-hybridized carbons (Fsp3) is 0.857. The highest BCUT2D eigenvalue weighted by atomic mass is 15.1. The van der Waals surface area contributed by atoms with Gasteiger partial charge in [-0.3, -0.25) is 0 Å². The molecule has 10 heavy (non-hydrogen) atoms. The van der Waals surface area contributed by atoms with Crippen molar-refractivity contribution in [2.45, 2.75) is 39.8 Å². The first kappa shape index (κ1) is 9.51. The maximum absolute atomic E-state index is 8.39. The van der Waals surface area contributed by atoms with Gasteiger partial charge < -0.3 is 4.81 Å². The van der Waals surface area contributed by atoms with Gasteiger partial charge in [-0.2, -0.15) is 0 Å². The van der Waals surface area contributed by atoms with Crippen LogP contribution in [0.15, 0.2) is 0 Å². The molecule has 0 saturated heterocycles. The monoisotopic (exact) mass is 137 g/mol. The van der Waals surface area contributed by atoms with E-state index in [-0.39, 0.29) is 0 Å². The van der Waals surface area contributed by atoms with Crippen molar-refractivity contribution in [3.8, 4) is 5.97 Å². The number of nitriles is 1. The molecule has 1 radical (unpaired) electrons. The van der Waals surface area contributed by atoms with E-state index < -0.39 is 0 Å². The minimum absolute atomic E-state index is 0.416. The number of hydrogen-bond acceptors (Lipinski definition) is 2. The summed E-state index contributed by atoms with van der Waals surface area (Å²) in [5, 5.41) is 8.39. The molecule has 0 bridgehead atoms. The highest BCUT2D eigenvalue weighted by molar-refractivity contribution is 6.42. The first-order valence-corrected chi connectivity index (χ1v) is 3.60. The van der Waals surface area contributed by atoms with Gasteiger partial charge in [-0.1, -0.05) is 27.7 Å². The summed E-state index contributed by atoms with van der Waals surface area (Å²) in [4.78, 5) is 2.03. The molecule has 2 nitrogen and oxygen atoms in total. The van der Waals surface area contributed by atoms with Crippen LogP contribution in [0, 0.1) is 11.2 Å². The van der Waals surface area contributed by atoms with Crippen LogP contribution in [-0.2, 0) is 0 Å². The third-order valence-corrected chi connectivity index (χ3v) is 1.40. The van der Waals surface area contributed by atoms with Crippen molar-refractivity contribution in [1.29, 1.82) is 5.26 Å². The minimum atomic E-state index is 0.416. The Kier molecular flexibility index (Phi) is 4.14. The van der Waals surface area contributed by atoms with Crippen LogP contribution in [0.2, 0.25) is 0 Å². The SMILES string of the molecule is CC(C)N([B]C#N)C(C)C. The molecule has 0 fully saturated rings. The van der Waals surface area contributed by atoms with Gasteiger partial charge >= 0.3 is 7.41 Å². The normalized spacial score (nSPS) is 10.6. The second kappa shape index (κ2) is 4.35. The lowest BCUT2D eigenvalue weighted by atomic mass is 9.90. The summed E-state index contributed by atoms with van der Waals surface area (Å²) < 4.78 is 0. The summed E-state index contributed by atoms with van der Waals surface area (Å²) in [5.74, 6) is 2.03. The molecule has 0 aromatic heterocycles. The fourth-order valence-electron chi connectivity index (χ4n) is 0.961. The van der Waals surface area contributed by atoms with E-state index in [9.17, 15) is 0 Å². The van der Waals surface area contributed by atoms with Crippen LogP contribution in [0.4, 0.5) is 0 Å². The summed E-state index contributed by atoms with van der Waals surface area (Å²) in [7, 11) is 1.58. The molecular weight excluding hydrogens is 123 g/mol. The van der Waals surface area contributed by atoms with Crippen molar-refractivity contribution in [3.63, 3.8) is 0 Å². The zero-order chi connectivity index (χ0) is 8.15. The molecule has 3 heteroatoms. The van der Waals surface area contributed by atoms with Crippen molar-refractivity contribution in [1.82, 2.24) is 4.81 Å². The molecule has 0 aromatic carbocycles. The smallest absolute Gasteiger partial charge is 0.328 e. The average molecular weight is 137 g/mol. The van der Waals surface area contributed by atoms with Crippen LogP contribution in [-0.4, -0.2) is 24.3 Å². The van der Waals surface area contributed by atoms with Crippen molar-refractivity contribution >= 4 is 7.41 Å². The summed E-state index contributed by atoms with van der Waals surface area (Å²) >= 11 is 0. The molecule has 55 valence electrons. The molecule has 0 saturated carbocycles. The lowest BCUT2D eigenvalue weighted by molar-refractivity contribution is 0.315. The van der Waals surface area contributed by atoms with Gasteiger partial charge in [-0.05, 0) is 12.1 Å². The van der Waals surface area contributed by atoms with E-state index in [1.165, 1.54) is 0 Å². The van der Waals surface area contributed by atoms with E-state index in [1.807, 2.05) is 10.8 Å². The van der Waals surface area contributed by atoms with Crippen LogP contribution in [0.3, 0.4) is 0 Å². The third kappa shape index (κ3) is 2.88. The van der Waals surface area contributed by atoms with Gasteiger partial charge in [0.15, 0.2) is 0 Å². The van der Waals surface area contributed by atoms with Crippen molar-refractivity contribution in [2.24, 2.45) is 0 Å². The molecule has 0 spiro atoms. The standard InChI is InChI=1S/C7H14BN2/c1-6(2)10(7(3)4)8-5-9/h6-7H,1-4H3. The van der Waals surface area contributed by atoms with Gasteiger partial charge in [0.2, 0.25) is 0 Å². The number of rotatable bonds is 3. The van der Waals surface area contributed by atoms with E-state index in [0.717, 1.165) is 0 Å². The Morgan fingerprint density at radius 3 is 1.70 bits per heavy atom. The topological polar surface area (TPSA) is 27.0 Å². The van der Waals surface area contributed by atoms with Gasteiger partial charge in [-0.15, -0.1) is 0 Å². The molecule has 0 N–H and O–H groups in total. The Morgan fingerprint density at radius 2 is 1.60 bits per heavy atom. The van der Waals surface area contributed by atoms with E-state index in [2.05, 4.69) is 27.7 Å². The Hall–Kier alpha value is -0.485. The number of hydrogen-bond donors (Lipinski definition) is 0. The van der Waals surface area contributed by atoms with Crippen LogP contribution >= 0.6 is 0 Å². The molecule has 0 heterocycles. The van der Waals surface area contributed by atoms with Gasteiger partial charge in [0.05, 0.1) is 0 Å². The zero-order valence-corrected chi connectivity index (χ0v) is 7.13. The maximum atomic E-state index is 8.39. The predicted octanol–water partition coefficient (Wildman–Crippen LogP) is 1.21. The Morgan fingerprint density at radius 1 is 1.20 bits per heavy atom. The summed E-state index contributed by atoms with van der Waals surface area (Å²) in [6.07, 6.45) is 0. The molecule has 0 atom stereocenters. The van der Waals surface area contributed by atoms with Gasteiger partial charge in [-0.25, -0.2) is 5.26 Å². The quantitative estimate of drug-likeness (QED) is 0.546. The Bertz CT molecular complexity index is 118. The molecule has 0 rings (SSSR count). The van der Waals surface area contributed by atoms with Crippen LogP contribution in [0.1, 0.15) is 27.7 Å². The number of nitrogens with zero attached hydrogens (tertiary/aromatic N) is 2. The van der Waals surface area contributed by atoms with Crippen LogP contribution in [0.25, 0.3) is 0 Å². The first-order chi connectivity index (χ1) is 4.59. The third-order valence-electron chi connectivity index (χ3n) is 1.40. The highest BCUT2D eigenvalue weighted by Gasteiger charge is 2.13. The van der Waals surface area contributed by atoms with E-state index in [1.54, 1.807) is 7.41 Å². The van der Waals surface area contributed by atoms with Crippen molar-refractivity contribution < 1.29 is 0 Å². The Balaban J connectivity index is 3.88. The summed E-state index contributed by atoms with van der Waals surface area (Å²) in [6, 6.07) is 0.833. The second-order valence-corrected chi connectivity index (χ2v) is 2.89. The van der Waals surface area contributed by atoms with Crippen LogP contribution in [0.5, 0.6) is 0 Å². The van der Waals surface area contributed by atoms with Gasteiger partial charge in [0.25, 0.3) is 0 Å². The fourth-order valence-corrected chi connectivity index (χ4v) is 0.961.